The zero-order valence-electron chi connectivity index (χ0n) is 10.7. The van der Waals surface area contributed by atoms with Gasteiger partial charge >= 0.3 is 0 Å². The number of aryl methyl sites for hydroxylation is 1. The van der Waals surface area contributed by atoms with Crippen LogP contribution in [0.5, 0.6) is 0 Å². The summed E-state index contributed by atoms with van der Waals surface area (Å²) in [6, 6.07) is 4.24. The predicted octanol–water partition coefficient (Wildman–Crippen LogP) is 1.97. The molecule has 1 N–H and O–H groups in total. The highest BCUT2D eigenvalue weighted by atomic mass is 15.2. The molecule has 2 aliphatic rings. The fraction of sp³-hybridized carbons (Fsp3) is 0.643. The van der Waals surface area contributed by atoms with E-state index in [0.29, 0.717) is 5.54 Å². The van der Waals surface area contributed by atoms with Crippen molar-refractivity contribution in [3.63, 3.8) is 0 Å². The number of pyridine rings is 1. The first-order chi connectivity index (χ1) is 8.19. The second-order valence-corrected chi connectivity index (χ2v) is 5.65. The van der Waals surface area contributed by atoms with Crippen LogP contribution in [-0.2, 0) is 0 Å². The van der Waals surface area contributed by atoms with E-state index in [0.717, 1.165) is 31.2 Å². The van der Waals surface area contributed by atoms with Gasteiger partial charge in [-0.3, -0.25) is 4.98 Å². The van der Waals surface area contributed by atoms with Gasteiger partial charge in [-0.05, 0) is 44.7 Å². The molecule has 1 unspecified atom stereocenters. The smallest absolute Gasteiger partial charge is 0.0605 e. The summed E-state index contributed by atoms with van der Waals surface area (Å²) in [5.74, 6) is 0.877. The number of hydrogen-bond acceptors (Lipinski definition) is 3. The van der Waals surface area contributed by atoms with Crippen molar-refractivity contribution < 1.29 is 0 Å². The van der Waals surface area contributed by atoms with Gasteiger partial charge in [0.05, 0.1) is 11.4 Å². The molecule has 17 heavy (non-hydrogen) atoms. The molecule has 1 saturated heterocycles. The Labute approximate surface area is 103 Å². The van der Waals surface area contributed by atoms with Crippen LogP contribution in [0.2, 0.25) is 0 Å². The number of nitrogens with one attached hydrogen (secondary N) is 1. The van der Waals surface area contributed by atoms with Crippen LogP contribution in [-0.4, -0.2) is 30.2 Å². The fourth-order valence-corrected chi connectivity index (χ4v) is 3.02. The Morgan fingerprint density at radius 3 is 3.00 bits per heavy atom. The van der Waals surface area contributed by atoms with Crippen LogP contribution in [0, 0.1) is 12.8 Å². The molecule has 0 amide bonds. The van der Waals surface area contributed by atoms with E-state index in [9.17, 15) is 0 Å². The largest absolute Gasteiger partial charge is 0.367 e. The second-order valence-electron chi connectivity index (χ2n) is 5.65. The molecule has 0 radical (unpaired) electrons. The average Bonchev–Trinajstić information content (AvgIpc) is 3.14. The highest BCUT2D eigenvalue weighted by Gasteiger charge is 2.44. The van der Waals surface area contributed by atoms with E-state index in [1.54, 1.807) is 0 Å². The monoisotopic (exact) mass is 231 g/mol. The molecule has 0 aromatic carbocycles. The van der Waals surface area contributed by atoms with Gasteiger partial charge in [-0.25, -0.2) is 0 Å². The van der Waals surface area contributed by atoms with Crippen molar-refractivity contribution in [1.29, 1.82) is 0 Å². The van der Waals surface area contributed by atoms with Crippen LogP contribution in [0.4, 0.5) is 5.69 Å². The van der Waals surface area contributed by atoms with Crippen molar-refractivity contribution in [3.8, 4) is 0 Å². The van der Waals surface area contributed by atoms with Crippen molar-refractivity contribution in [2.75, 3.05) is 24.5 Å². The fourth-order valence-electron chi connectivity index (χ4n) is 3.02. The van der Waals surface area contributed by atoms with Crippen molar-refractivity contribution in [2.45, 2.75) is 32.2 Å². The molecule has 3 nitrogen and oxygen atoms in total. The molecule has 1 aliphatic heterocycles. The Morgan fingerprint density at radius 2 is 2.29 bits per heavy atom. The quantitative estimate of drug-likeness (QED) is 0.843. The Hall–Kier alpha value is -1.09. The van der Waals surface area contributed by atoms with Crippen LogP contribution < -0.4 is 10.2 Å². The number of aromatic nitrogens is 1. The minimum atomic E-state index is 0.306. The molecule has 2 fully saturated rings. The zero-order valence-corrected chi connectivity index (χ0v) is 10.7. The lowest BCUT2D eigenvalue weighted by Gasteiger charge is -2.43. The van der Waals surface area contributed by atoms with Crippen molar-refractivity contribution in [3.05, 3.63) is 24.0 Å². The molecule has 1 aromatic rings. The van der Waals surface area contributed by atoms with E-state index >= 15 is 0 Å². The number of hydrogen-bond donors (Lipinski definition) is 1. The summed E-state index contributed by atoms with van der Waals surface area (Å²) < 4.78 is 0. The van der Waals surface area contributed by atoms with Gasteiger partial charge in [-0.1, -0.05) is 0 Å². The molecule has 0 bridgehead atoms. The average molecular weight is 231 g/mol. The molecule has 1 atom stereocenters. The summed E-state index contributed by atoms with van der Waals surface area (Å²) in [6.45, 7) is 7.77. The molecule has 1 saturated carbocycles. The first-order valence-corrected chi connectivity index (χ1v) is 6.61. The summed E-state index contributed by atoms with van der Waals surface area (Å²) in [5.41, 5.74) is 2.76. The third-order valence-electron chi connectivity index (χ3n) is 4.23. The molecule has 0 spiro atoms. The Balaban J connectivity index is 1.82. The zero-order chi connectivity index (χ0) is 11.9. The lowest BCUT2D eigenvalue weighted by Crippen LogP contribution is -2.60. The molecule has 3 heteroatoms. The molecule has 3 rings (SSSR count). The highest BCUT2D eigenvalue weighted by molar-refractivity contribution is 5.51. The minimum absolute atomic E-state index is 0.306. The van der Waals surface area contributed by atoms with E-state index < -0.39 is 0 Å². The number of nitrogens with zero attached hydrogens (tertiary/aromatic N) is 2. The Bertz CT molecular complexity index is 414. The maximum atomic E-state index is 4.40. The van der Waals surface area contributed by atoms with Gasteiger partial charge in [-0.2, -0.15) is 0 Å². The summed E-state index contributed by atoms with van der Waals surface area (Å²) >= 11 is 0. The third kappa shape index (κ3) is 2.04. The Kier molecular flexibility index (Phi) is 2.58. The van der Waals surface area contributed by atoms with Crippen LogP contribution >= 0.6 is 0 Å². The molecule has 92 valence electrons. The van der Waals surface area contributed by atoms with E-state index in [1.807, 2.05) is 12.3 Å². The van der Waals surface area contributed by atoms with Crippen LogP contribution in [0.15, 0.2) is 18.3 Å². The minimum Gasteiger partial charge on any atom is -0.367 e. The van der Waals surface area contributed by atoms with Gasteiger partial charge in [0, 0.05) is 31.4 Å². The summed E-state index contributed by atoms with van der Waals surface area (Å²) in [7, 11) is 0. The maximum Gasteiger partial charge on any atom is 0.0605 e. The Morgan fingerprint density at radius 1 is 1.47 bits per heavy atom. The van der Waals surface area contributed by atoms with Gasteiger partial charge in [0.25, 0.3) is 0 Å². The summed E-state index contributed by atoms with van der Waals surface area (Å²) in [5, 5.41) is 3.71. The lowest BCUT2D eigenvalue weighted by atomic mass is 9.92. The maximum absolute atomic E-state index is 4.40. The lowest BCUT2D eigenvalue weighted by molar-refractivity contribution is 0.285. The molecule has 2 heterocycles. The topological polar surface area (TPSA) is 28.2 Å². The first kappa shape index (κ1) is 11.0. The molecular weight excluding hydrogens is 210 g/mol. The van der Waals surface area contributed by atoms with Gasteiger partial charge in [0.2, 0.25) is 0 Å². The van der Waals surface area contributed by atoms with Gasteiger partial charge in [-0.15, -0.1) is 0 Å². The van der Waals surface area contributed by atoms with E-state index in [1.165, 1.54) is 18.5 Å². The van der Waals surface area contributed by atoms with E-state index in [2.05, 4.69) is 35.1 Å². The van der Waals surface area contributed by atoms with Crippen molar-refractivity contribution in [1.82, 2.24) is 10.3 Å². The van der Waals surface area contributed by atoms with E-state index in [4.69, 9.17) is 0 Å². The summed E-state index contributed by atoms with van der Waals surface area (Å²) in [6.07, 6.45) is 4.66. The standard InChI is InChI=1S/C14H21N3/c1-11-13(4-3-7-15-11)17-9-8-16-14(2,10-17)12-5-6-12/h3-4,7,12,16H,5-6,8-10H2,1-2H3. The molecule has 1 aromatic heterocycles. The van der Waals surface area contributed by atoms with Crippen LogP contribution in [0.25, 0.3) is 0 Å². The SMILES string of the molecule is Cc1ncccc1N1CCNC(C)(C2CC2)C1. The van der Waals surface area contributed by atoms with E-state index in [-0.39, 0.29) is 0 Å². The molecule has 1 aliphatic carbocycles. The van der Waals surface area contributed by atoms with Gasteiger partial charge in [0.15, 0.2) is 0 Å². The summed E-state index contributed by atoms with van der Waals surface area (Å²) in [4.78, 5) is 6.90. The number of anilines is 1. The molecular formula is C14H21N3. The normalized spacial score (nSPS) is 29.4. The number of rotatable bonds is 2. The van der Waals surface area contributed by atoms with Crippen LogP contribution in [0.3, 0.4) is 0 Å². The third-order valence-corrected chi connectivity index (χ3v) is 4.23. The van der Waals surface area contributed by atoms with Gasteiger partial charge < -0.3 is 10.2 Å². The number of piperazine rings is 1. The first-order valence-electron chi connectivity index (χ1n) is 6.61. The van der Waals surface area contributed by atoms with Crippen molar-refractivity contribution in [2.24, 2.45) is 5.92 Å². The van der Waals surface area contributed by atoms with Crippen LogP contribution in [0.1, 0.15) is 25.5 Å². The highest BCUT2D eigenvalue weighted by Crippen LogP contribution is 2.41. The van der Waals surface area contributed by atoms with Gasteiger partial charge in [0.1, 0.15) is 0 Å². The predicted molar refractivity (Wildman–Crippen MR) is 70.3 cm³/mol. The second kappa shape index (κ2) is 3.98. The van der Waals surface area contributed by atoms with Crippen molar-refractivity contribution >= 4 is 5.69 Å².